The van der Waals surface area contributed by atoms with E-state index in [2.05, 4.69) is 38.2 Å². The van der Waals surface area contributed by atoms with Gasteiger partial charge in [0.2, 0.25) is 0 Å². The molecule has 0 aromatic heterocycles. The van der Waals surface area contributed by atoms with Crippen molar-refractivity contribution in [1.82, 2.24) is 10.2 Å². The second kappa shape index (κ2) is 8.11. The van der Waals surface area contributed by atoms with Crippen LogP contribution in [-0.2, 0) is 6.54 Å². The number of benzene rings is 1. The van der Waals surface area contributed by atoms with Crippen LogP contribution < -0.4 is 5.32 Å². The molecule has 0 aliphatic carbocycles. The molecule has 0 saturated carbocycles. The van der Waals surface area contributed by atoms with Gasteiger partial charge >= 0.3 is 0 Å². The van der Waals surface area contributed by atoms with Crippen LogP contribution in [-0.4, -0.2) is 31.6 Å². The van der Waals surface area contributed by atoms with Crippen molar-refractivity contribution in [3.05, 3.63) is 33.8 Å². The van der Waals surface area contributed by atoms with E-state index in [9.17, 15) is 0 Å². The predicted molar refractivity (Wildman–Crippen MR) is 85.1 cm³/mol. The second-order valence-electron chi connectivity index (χ2n) is 5.75. The van der Waals surface area contributed by atoms with Crippen LogP contribution >= 0.6 is 23.2 Å². The van der Waals surface area contributed by atoms with E-state index in [0.717, 1.165) is 25.1 Å². The van der Waals surface area contributed by atoms with Gasteiger partial charge in [0.25, 0.3) is 0 Å². The van der Waals surface area contributed by atoms with Gasteiger partial charge in [-0.25, -0.2) is 0 Å². The van der Waals surface area contributed by atoms with E-state index in [1.165, 1.54) is 0 Å². The van der Waals surface area contributed by atoms with Crippen LogP contribution in [0.4, 0.5) is 0 Å². The van der Waals surface area contributed by atoms with E-state index in [-0.39, 0.29) is 0 Å². The monoisotopic (exact) mass is 302 g/mol. The van der Waals surface area contributed by atoms with Crippen LogP contribution in [0.15, 0.2) is 18.2 Å². The van der Waals surface area contributed by atoms with Crippen molar-refractivity contribution in [3.8, 4) is 0 Å². The van der Waals surface area contributed by atoms with Crippen molar-refractivity contribution in [3.63, 3.8) is 0 Å². The molecule has 0 radical (unpaired) electrons. The van der Waals surface area contributed by atoms with Gasteiger partial charge in [-0.3, -0.25) is 0 Å². The first-order valence-electron chi connectivity index (χ1n) is 6.70. The molecule has 0 amide bonds. The smallest absolute Gasteiger partial charge is 0.0424 e. The number of hydrogen-bond acceptors (Lipinski definition) is 2. The van der Waals surface area contributed by atoms with Gasteiger partial charge in [-0.2, -0.15) is 0 Å². The molecule has 108 valence electrons. The first-order valence-corrected chi connectivity index (χ1v) is 7.45. The van der Waals surface area contributed by atoms with Crippen molar-refractivity contribution in [2.75, 3.05) is 20.6 Å². The molecule has 4 heteroatoms. The zero-order chi connectivity index (χ0) is 14.4. The summed E-state index contributed by atoms with van der Waals surface area (Å²) in [5.41, 5.74) is 1.13. The van der Waals surface area contributed by atoms with E-state index in [1.807, 2.05) is 12.1 Å². The zero-order valence-corrected chi connectivity index (χ0v) is 13.7. The Bertz CT molecular complexity index is 361. The lowest BCUT2D eigenvalue weighted by Crippen LogP contribution is -2.38. The maximum absolute atomic E-state index is 6.01. The highest BCUT2D eigenvalue weighted by atomic mass is 35.5. The largest absolute Gasteiger partial charge is 0.309 e. The Balaban J connectivity index is 2.59. The molecule has 1 atom stereocenters. The summed E-state index contributed by atoms with van der Waals surface area (Å²) in [7, 11) is 4.20. The lowest BCUT2D eigenvalue weighted by atomic mass is 10.0. The molecule has 0 heterocycles. The van der Waals surface area contributed by atoms with E-state index in [0.29, 0.717) is 22.0 Å². The summed E-state index contributed by atoms with van der Waals surface area (Å²) in [6.45, 7) is 6.33. The number of likely N-dealkylation sites (N-methyl/N-ethyl adjacent to an activating group) is 1. The highest BCUT2D eigenvalue weighted by Gasteiger charge is 2.11. The van der Waals surface area contributed by atoms with Crippen LogP contribution in [0.25, 0.3) is 0 Å². The van der Waals surface area contributed by atoms with Crippen molar-refractivity contribution >= 4 is 23.2 Å². The Morgan fingerprint density at radius 2 is 1.68 bits per heavy atom. The molecule has 0 aliphatic rings. The predicted octanol–water partition coefficient (Wildman–Crippen LogP) is 4.06. The summed E-state index contributed by atoms with van der Waals surface area (Å²) in [5.74, 6) is 0.681. The van der Waals surface area contributed by atoms with Crippen molar-refractivity contribution in [2.24, 2.45) is 5.92 Å². The lowest BCUT2D eigenvalue weighted by molar-refractivity contribution is 0.305. The number of nitrogens with one attached hydrogen (secondary N) is 1. The summed E-state index contributed by atoms with van der Waals surface area (Å²) in [6.07, 6.45) is 1.16. The average molecular weight is 303 g/mol. The van der Waals surface area contributed by atoms with Gasteiger partial charge in [0.1, 0.15) is 0 Å². The summed E-state index contributed by atoms with van der Waals surface area (Å²) in [4.78, 5) is 2.21. The quantitative estimate of drug-likeness (QED) is 0.817. The number of nitrogens with zero attached hydrogens (tertiary/aromatic N) is 1. The first kappa shape index (κ1) is 16.8. The average Bonchev–Trinajstić information content (AvgIpc) is 2.23. The summed E-state index contributed by atoms with van der Waals surface area (Å²) in [5, 5.41) is 4.98. The van der Waals surface area contributed by atoms with Gasteiger partial charge < -0.3 is 10.2 Å². The lowest BCUT2D eigenvalue weighted by Gasteiger charge is -2.24. The normalized spacial score (nSPS) is 13.3. The Hall–Kier alpha value is -0.280. The molecule has 0 bridgehead atoms. The van der Waals surface area contributed by atoms with Crippen molar-refractivity contribution in [1.29, 1.82) is 0 Å². The van der Waals surface area contributed by atoms with E-state index < -0.39 is 0 Å². The fourth-order valence-electron chi connectivity index (χ4n) is 2.21. The third kappa shape index (κ3) is 7.17. The fraction of sp³-hybridized carbons (Fsp3) is 0.600. The van der Waals surface area contributed by atoms with Gasteiger partial charge in [-0.1, -0.05) is 37.0 Å². The van der Waals surface area contributed by atoms with Gasteiger partial charge in [-0.15, -0.1) is 0 Å². The fourth-order valence-corrected chi connectivity index (χ4v) is 2.78. The second-order valence-corrected chi connectivity index (χ2v) is 6.62. The van der Waals surface area contributed by atoms with Crippen LogP contribution in [0.2, 0.25) is 10.0 Å². The summed E-state index contributed by atoms with van der Waals surface area (Å²) < 4.78 is 0. The molecule has 2 nitrogen and oxygen atoms in total. The molecular formula is C15H24Cl2N2. The maximum Gasteiger partial charge on any atom is 0.0424 e. The Morgan fingerprint density at radius 3 is 2.16 bits per heavy atom. The molecule has 19 heavy (non-hydrogen) atoms. The highest BCUT2D eigenvalue weighted by molar-refractivity contribution is 6.34. The van der Waals surface area contributed by atoms with Gasteiger partial charge in [0.15, 0.2) is 0 Å². The van der Waals surface area contributed by atoms with Gasteiger partial charge in [0.05, 0.1) is 0 Å². The molecule has 0 spiro atoms. The Morgan fingerprint density at radius 1 is 1.11 bits per heavy atom. The minimum absolute atomic E-state index is 0.479. The topological polar surface area (TPSA) is 15.3 Å². The molecule has 0 saturated heterocycles. The van der Waals surface area contributed by atoms with Crippen molar-refractivity contribution < 1.29 is 0 Å². The van der Waals surface area contributed by atoms with E-state index in [1.54, 1.807) is 6.07 Å². The van der Waals surface area contributed by atoms with Gasteiger partial charge in [0, 0.05) is 29.2 Å². The Kier molecular flexibility index (Phi) is 7.16. The minimum Gasteiger partial charge on any atom is -0.309 e. The van der Waals surface area contributed by atoms with E-state index >= 15 is 0 Å². The Labute approximate surface area is 127 Å². The van der Waals surface area contributed by atoms with Crippen LogP contribution in [0.5, 0.6) is 0 Å². The van der Waals surface area contributed by atoms with Crippen LogP contribution in [0.1, 0.15) is 25.8 Å². The molecule has 1 aromatic carbocycles. The number of hydrogen-bond donors (Lipinski definition) is 1. The molecule has 0 aliphatic heterocycles. The third-order valence-corrected chi connectivity index (χ3v) is 3.30. The highest BCUT2D eigenvalue weighted by Crippen LogP contribution is 2.19. The molecule has 1 aromatic rings. The van der Waals surface area contributed by atoms with E-state index in [4.69, 9.17) is 23.2 Å². The minimum atomic E-state index is 0.479. The molecule has 1 N–H and O–H groups in total. The third-order valence-electron chi connectivity index (χ3n) is 2.86. The van der Waals surface area contributed by atoms with Gasteiger partial charge in [-0.05, 0) is 50.2 Å². The summed E-state index contributed by atoms with van der Waals surface area (Å²) in [6, 6.07) is 6.16. The summed E-state index contributed by atoms with van der Waals surface area (Å²) >= 11 is 12.0. The standard InChI is InChI=1S/C15H24Cl2N2/c1-11(2)5-15(10-19(3)4)18-9-12-6-13(16)8-14(17)7-12/h6-8,11,15,18H,5,9-10H2,1-4H3. The van der Waals surface area contributed by atoms with Crippen molar-refractivity contribution in [2.45, 2.75) is 32.9 Å². The number of halogens is 2. The molecular weight excluding hydrogens is 279 g/mol. The first-order chi connectivity index (χ1) is 8.86. The maximum atomic E-state index is 6.01. The molecule has 0 fully saturated rings. The van der Waals surface area contributed by atoms with Crippen LogP contribution in [0, 0.1) is 5.92 Å². The number of rotatable bonds is 7. The zero-order valence-electron chi connectivity index (χ0n) is 12.2. The van der Waals surface area contributed by atoms with Crippen LogP contribution in [0.3, 0.4) is 0 Å². The molecule has 1 unspecified atom stereocenters. The SMILES string of the molecule is CC(C)CC(CN(C)C)NCc1cc(Cl)cc(Cl)c1. The molecule has 1 rings (SSSR count).